The second-order valence-corrected chi connectivity index (χ2v) is 10.8. The summed E-state index contributed by atoms with van der Waals surface area (Å²) in [5, 5.41) is 7.18. The van der Waals surface area contributed by atoms with Gasteiger partial charge in [0.05, 0.1) is 0 Å². The molecule has 2 aromatic rings. The number of benzene rings is 2. The number of rotatable bonds is 6. The Hall–Kier alpha value is -2.08. The molecule has 2 saturated heterocycles. The first-order valence-electron chi connectivity index (χ1n) is 13.3. The molecule has 3 aliphatic rings. The molecule has 2 aromatic carbocycles. The molecule has 2 aliphatic heterocycles. The van der Waals surface area contributed by atoms with E-state index in [-0.39, 0.29) is 30.3 Å². The van der Waals surface area contributed by atoms with Crippen LogP contribution in [0, 0.1) is 5.92 Å². The average molecular weight is 531 g/mol. The molecule has 1 unspecified atom stereocenters. The van der Waals surface area contributed by atoms with Crippen LogP contribution in [0.5, 0.6) is 0 Å². The van der Waals surface area contributed by atoms with E-state index in [0.717, 1.165) is 68.4 Å². The second kappa shape index (κ2) is 12.4. The topological polar surface area (TPSA) is 61.4 Å². The molecule has 1 aliphatic carbocycles. The first-order valence-corrected chi connectivity index (χ1v) is 13.7. The van der Waals surface area contributed by atoms with Crippen LogP contribution in [0.2, 0.25) is 5.02 Å². The highest BCUT2D eigenvalue weighted by Crippen LogP contribution is 2.33. The number of nitrogens with zero attached hydrogens (tertiary/aromatic N) is 1. The fraction of sp³-hybridized carbons (Fsp3) is 0.517. The SMILES string of the molecule is Cl.O=C(NC1CCNCC1)c1cccc(-c2ccc(CC3CCN(C4CCCCC4)C3=O)c(Cl)c2)c1. The predicted molar refractivity (Wildman–Crippen MR) is 148 cm³/mol. The molecule has 2 heterocycles. The Morgan fingerprint density at radius 3 is 2.47 bits per heavy atom. The lowest BCUT2D eigenvalue weighted by molar-refractivity contribution is -0.133. The first kappa shape index (κ1) is 27.0. The Kier molecular flexibility index (Phi) is 9.32. The van der Waals surface area contributed by atoms with Gasteiger partial charge in [0.15, 0.2) is 0 Å². The van der Waals surface area contributed by atoms with Gasteiger partial charge in [0, 0.05) is 35.1 Å². The van der Waals surface area contributed by atoms with E-state index in [9.17, 15) is 9.59 Å². The highest BCUT2D eigenvalue weighted by molar-refractivity contribution is 6.31. The van der Waals surface area contributed by atoms with Gasteiger partial charge in [-0.2, -0.15) is 0 Å². The van der Waals surface area contributed by atoms with Crippen LogP contribution in [0.1, 0.15) is 67.3 Å². The van der Waals surface area contributed by atoms with Crippen LogP contribution in [0.25, 0.3) is 11.1 Å². The summed E-state index contributed by atoms with van der Waals surface area (Å²) in [6.07, 6.45) is 9.64. The third-order valence-corrected chi connectivity index (χ3v) is 8.37. The van der Waals surface area contributed by atoms with Crippen molar-refractivity contribution in [1.82, 2.24) is 15.5 Å². The van der Waals surface area contributed by atoms with Gasteiger partial charge in [-0.15, -0.1) is 12.4 Å². The van der Waals surface area contributed by atoms with Crippen LogP contribution in [0.3, 0.4) is 0 Å². The quantitative estimate of drug-likeness (QED) is 0.509. The normalized spacial score (nSPS) is 21.3. The maximum Gasteiger partial charge on any atom is 0.251 e. The van der Waals surface area contributed by atoms with E-state index in [1.165, 1.54) is 19.3 Å². The van der Waals surface area contributed by atoms with Crippen molar-refractivity contribution in [2.24, 2.45) is 5.92 Å². The summed E-state index contributed by atoms with van der Waals surface area (Å²) in [7, 11) is 0. The summed E-state index contributed by atoms with van der Waals surface area (Å²) in [5.41, 5.74) is 3.65. The van der Waals surface area contributed by atoms with Gasteiger partial charge in [0.25, 0.3) is 5.91 Å². The Morgan fingerprint density at radius 1 is 0.972 bits per heavy atom. The van der Waals surface area contributed by atoms with Gasteiger partial charge in [0.2, 0.25) is 5.91 Å². The maximum absolute atomic E-state index is 13.1. The van der Waals surface area contributed by atoms with Crippen LogP contribution in [0.15, 0.2) is 42.5 Å². The predicted octanol–water partition coefficient (Wildman–Crippen LogP) is 5.63. The van der Waals surface area contributed by atoms with Crippen LogP contribution < -0.4 is 10.6 Å². The lowest BCUT2D eigenvalue weighted by Gasteiger charge is -2.31. The number of carbonyl (C=O) groups excluding carboxylic acids is 2. The van der Waals surface area contributed by atoms with E-state index in [4.69, 9.17) is 11.6 Å². The van der Waals surface area contributed by atoms with Crippen LogP contribution in [-0.4, -0.2) is 48.4 Å². The fourth-order valence-corrected chi connectivity index (χ4v) is 6.20. The Bertz CT molecular complexity index is 1060. The third kappa shape index (κ3) is 6.24. The third-order valence-electron chi connectivity index (χ3n) is 8.02. The zero-order valence-electron chi connectivity index (χ0n) is 20.8. The molecule has 5 nitrogen and oxygen atoms in total. The van der Waals surface area contributed by atoms with Gasteiger partial charge in [0.1, 0.15) is 0 Å². The van der Waals surface area contributed by atoms with E-state index in [0.29, 0.717) is 29.0 Å². The number of hydrogen-bond donors (Lipinski definition) is 2. The molecule has 194 valence electrons. The Labute approximate surface area is 225 Å². The van der Waals surface area contributed by atoms with E-state index in [1.807, 2.05) is 30.3 Å². The van der Waals surface area contributed by atoms with Gasteiger partial charge >= 0.3 is 0 Å². The average Bonchev–Trinajstić information content (AvgIpc) is 3.26. The van der Waals surface area contributed by atoms with E-state index >= 15 is 0 Å². The minimum Gasteiger partial charge on any atom is -0.349 e. The smallest absolute Gasteiger partial charge is 0.251 e. The minimum atomic E-state index is -0.0243. The number of piperidine rings is 1. The number of likely N-dealkylation sites (tertiary alicyclic amines) is 1. The maximum atomic E-state index is 13.1. The van der Waals surface area contributed by atoms with Gasteiger partial charge in [-0.3, -0.25) is 9.59 Å². The monoisotopic (exact) mass is 529 g/mol. The van der Waals surface area contributed by atoms with E-state index < -0.39 is 0 Å². The summed E-state index contributed by atoms with van der Waals surface area (Å²) < 4.78 is 0. The zero-order chi connectivity index (χ0) is 24.2. The molecule has 2 amide bonds. The van der Waals surface area contributed by atoms with Crippen molar-refractivity contribution in [2.75, 3.05) is 19.6 Å². The first-order chi connectivity index (χ1) is 17.1. The van der Waals surface area contributed by atoms with Crippen molar-refractivity contribution in [2.45, 2.75) is 69.9 Å². The molecule has 1 atom stereocenters. The molecule has 0 bridgehead atoms. The minimum absolute atomic E-state index is 0. The van der Waals surface area contributed by atoms with Gasteiger partial charge in [-0.1, -0.05) is 55.1 Å². The van der Waals surface area contributed by atoms with Gasteiger partial charge in [-0.05, 0) is 86.5 Å². The molecule has 3 fully saturated rings. The van der Waals surface area contributed by atoms with Crippen LogP contribution >= 0.6 is 24.0 Å². The highest BCUT2D eigenvalue weighted by atomic mass is 35.5. The second-order valence-electron chi connectivity index (χ2n) is 10.4. The highest BCUT2D eigenvalue weighted by Gasteiger charge is 2.36. The largest absolute Gasteiger partial charge is 0.349 e. The molecule has 1 saturated carbocycles. The van der Waals surface area contributed by atoms with Crippen molar-refractivity contribution >= 4 is 35.8 Å². The lowest BCUT2D eigenvalue weighted by atomic mass is 9.93. The van der Waals surface area contributed by atoms with Gasteiger partial charge < -0.3 is 15.5 Å². The molecule has 5 rings (SSSR count). The molecule has 7 heteroatoms. The summed E-state index contributed by atoms with van der Waals surface area (Å²) in [6, 6.07) is 14.5. The molecule has 0 radical (unpaired) electrons. The van der Waals surface area contributed by atoms with E-state index in [2.05, 4.69) is 27.7 Å². The molecular weight excluding hydrogens is 493 g/mol. The number of nitrogens with one attached hydrogen (secondary N) is 2. The summed E-state index contributed by atoms with van der Waals surface area (Å²) >= 11 is 6.71. The number of carbonyl (C=O) groups is 2. The molecule has 36 heavy (non-hydrogen) atoms. The van der Waals surface area contributed by atoms with Crippen molar-refractivity contribution in [3.63, 3.8) is 0 Å². The molecule has 2 N–H and O–H groups in total. The Balaban J connectivity index is 0.00000304. The fourth-order valence-electron chi connectivity index (χ4n) is 5.94. The van der Waals surface area contributed by atoms with Crippen LogP contribution in [0.4, 0.5) is 0 Å². The molecule has 0 spiro atoms. The van der Waals surface area contributed by atoms with Crippen molar-refractivity contribution < 1.29 is 9.59 Å². The molecular formula is C29H37Cl2N3O2. The van der Waals surface area contributed by atoms with Crippen molar-refractivity contribution in [3.05, 3.63) is 58.6 Å². The van der Waals surface area contributed by atoms with E-state index in [1.54, 1.807) is 0 Å². The van der Waals surface area contributed by atoms with Crippen LogP contribution in [-0.2, 0) is 11.2 Å². The zero-order valence-corrected chi connectivity index (χ0v) is 22.4. The molecule has 0 aromatic heterocycles. The summed E-state index contributed by atoms with van der Waals surface area (Å²) in [5.74, 6) is 0.315. The summed E-state index contributed by atoms with van der Waals surface area (Å²) in [6.45, 7) is 2.78. The van der Waals surface area contributed by atoms with Crippen molar-refractivity contribution in [3.8, 4) is 11.1 Å². The standard InChI is InChI=1S/C29H36ClN3O2.ClH/c30-27-19-21(20-5-4-6-23(17-20)28(34)32-25-11-14-31-15-12-25)9-10-22(27)18-24-13-16-33(29(24)35)26-7-2-1-3-8-26;/h4-6,9-10,17,19,24-26,31H,1-3,7-8,11-16,18H2,(H,32,34);1H. The number of halogens is 2. The van der Waals surface area contributed by atoms with Gasteiger partial charge in [-0.25, -0.2) is 0 Å². The van der Waals surface area contributed by atoms with Crippen molar-refractivity contribution in [1.29, 1.82) is 0 Å². The number of amides is 2. The Morgan fingerprint density at radius 2 is 1.72 bits per heavy atom. The number of hydrogen-bond acceptors (Lipinski definition) is 3. The summed E-state index contributed by atoms with van der Waals surface area (Å²) in [4.78, 5) is 28.0. The lowest BCUT2D eigenvalue weighted by Crippen LogP contribution is -2.42.